The molecule has 2 heterocycles. The van der Waals surface area contributed by atoms with Gasteiger partial charge in [0.2, 0.25) is 0 Å². The molecule has 1 unspecified atom stereocenters. The summed E-state index contributed by atoms with van der Waals surface area (Å²) in [7, 11) is 0. The van der Waals surface area contributed by atoms with Crippen LogP contribution in [0.1, 0.15) is 27.0 Å². The second-order valence-corrected chi connectivity index (χ2v) is 7.42. The number of amides is 1. The van der Waals surface area contributed by atoms with Crippen LogP contribution in [0.2, 0.25) is 0 Å². The Morgan fingerprint density at radius 3 is 2.70 bits per heavy atom. The van der Waals surface area contributed by atoms with Crippen molar-refractivity contribution in [1.29, 1.82) is 0 Å². The van der Waals surface area contributed by atoms with Gasteiger partial charge in [-0.05, 0) is 41.7 Å². The molecule has 0 aromatic heterocycles. The van der Waals surface area contributed by atoms with E-state index in [1.165, 1.54) is 11.6 Å². The van der Waals surface area contributed by atoms with Crippen LogP contribution in [-0.4, -0.2) is 41.8 Å². The van der Waals surface area contributed by atoms with Crippen molar-refractivity contribution < 1.29 is 19.1 Å². The standard InChI is InChI=1S/C21H23FN2O3/c22-20-8-16(21(25)23-26)7-17-11-24(10-15-12-27-13-15)18(9-19(17)20)6-14-4-2-1-3-5-14/h1-5,7-8,15,18,26H,6,9-13H2,(H,23,25). The summed E-state index contributed by atoms with van der Waals surface area (Å²) < 4.78 is 20.0. The number of nitrogens with zero attached hydrogens (tertiary/aromatic N) is 1. The molecule has 2 aromatic rings. The Kier molecular flexibility index (Phi) is 5.20. The van der Waals surface area contributed by atoms with E-state index in [2.05, 4.69) is 17.0 Å². The minimum absolute atomic E-state index is 0.141. The lowest BCUT2D eigenvalue weighted by Gasteiger charge is -2.41. The minimum atomic E-state index is -0.693. The molecule has 0 saturated carbocycles. The number of nitrogens with one attached hydrogen (secondary N) is 1. The van der Waals surface area contributed by atoms with Crippen LogP contribution < -0.4 is 5.48 Å². The zero-order valence-electron chi connectivity index (χ0n) is 15.0. The molecule has 2 N–H and O–H groups in total. The quantitative estimate of drug-likeness (QED) is 0.627. The number of ether oxygens (including phenoxy) is 1. The van der Waals surface area contributed by atoms with Crippen LogP contribution >= 0.6 is 0 Å². The van der Waals surface area contributed by atoms with Crippen molar-refractivity contribution >= 4 is 5.91 Å². The smallest absolute Gasteiger partial charge is 0.274 e. The number of rotatable bonds is 5. The summed E-state index contributed by atoms with van der Waals surface area (Å²) in [4.78, 5) is 14.1. The van der Waals surface area contributed by atoms with Crippen LogP contribution in [-0.2, 0) is 24.1 Å². The van der Waals surface area contributed by atoms with Crippen molar-refractivity contribution in [3.63, 3.8) is 0 Å². The van der Waals surface area contributed by atoms with Crippen LogP contribution in [0, 0.1) is 11.7 Å². The zero-order valence-corrected chi connectivity index (χ0v) is 15.0. The summed E-state index contributed by atoms with van der Waals surface area (Å²) in [5, 5.41) is 8.85. The number of hydrogen-bond acceptors (Lipinski definition) is 4. The molecule has 1 saturated heterocycles. The van der Waals surface area contributed by atoms with Gasteiger partial charge in [0, 0.05) is 30.6 Å². The van der Waals surface area contributed by atoms with E-state index in [0.717, 1.165) is 31.7 Å². The van der Waals surface area contributed by atoms with Gasteiger partial charge in [-0.3, -0.25) is 14.9 Å². The van der Waals surface area contributed by atoms with E-state index in [-0.39, 0.29) is 17.4 Å². The largest absolute Gasteiger partial charge is 0.381 e. The van der Waals surface area contributed by atoms with Crippen molar-refractivity contribution in [2.45, 2.75) is 25.4 Å². The van der Waals surface area contributed by atoms with Gasteiger partial charge < -0.3 is 4.74 Å². The maximum absolute atomic E-state index is 14.7. The lowest BCUT2D eigenvalue weighted by molar-refractivity contribution is -0.0541. The van der Waals surface area contributed by atoms with Gasteiger partial charge in [-0.15, -0.1) is 0 Å². The van der Waals surface area contributed by atoms with Gasteiger partial charge in [-0.2, -0.15) is 0 Å². The third-order valence-corrected chi connectivity index (χ3v) is 5.50. The fourth-order valence-corrected chi connectivity index (χ4v) is 3.99. The van der Waals surface area contributed by atoms with Crippen molar-refractivity contribution in [2.75, 3.05) is 19.8 Å². The second-order valence-electron chi connectivity index (χ2n) is 7.42. The van der Waals surface area contributed by atoms with E-state index in [1.54, 1.807) is 11.5 Å². The summed E-state index contributed by atoms with van der Waals surface area (Å²) in [6.45, 7) is 3.02. The zero-order chi connectivity index (χ0) is 18.8. The molecule has 1 fully saturated rings. The van der Waals surface area contributed by atoms with Crippen molar-refractivity contribution in [3.05, 3.63) is 70.5 Å². The SMILES string of the molecule is O=C(NO)c1cc(F)c2c(c1)CN(CC1COC1)C(Cc1ccccc1)C2. The van der Waals surface area contributed by atoms with E-state index < -0.39 is 5.91 Å². The number of fused-ring (bicyclic) bond motifs is 1. The van der Waals surface area contributed by atoms with Gasteiger partial charge in [0.25, 0.3) is 5.91 Å². The molecule has 1 amide bonds. The van der Waals surface area contributed by atoms with E-state index in [1.807, 2.05) is 18.2 Å². The number of halogens is 1. The summed E-state index contributed by atoms with van der Waals surface area (Å²) >= 11 is 0. The Morgan fingerprint density at radius 2 is 2.04 bits per heavy atom. The molecular formula is C21H23FN2O3. The van der Waals surface area contributed by atoms with Crippen LogP contribution in [0.4, 0.5) is 4.39 Å². The second kappa shape index (κ2) is 7.76. The normalized spacial score (nSPS) is 20.0. The van der Waals surface area contributed by atoms with Crippen molar-refractivity contribution in [1.82, 2.24) is 10.4 Å². The predicted molar refractivity (Wildman–Crippen MR) is 98.0 cm³/mol. The number of hydrogen-bond donors (Lipinski definition) is 2. The Bertz CT molecular complexity index is 824. The summed E-state index contributed by atoms with van der Waals surface area (Å²) in [5.41, 5.74) is 4.45. The minimum Gasteiger partial charge on any atom is -0.381 e. The fraction of sp³-hybridized carbons (Fsp3) is 0.381. The first kappa shape index (κ1) is 18.1. The van der Waals surface area contributed by atoms with E-state index >= 15 is 0 Å². The highest BCUT2D eigenvalue weighted by atomic mass is 19.1. The van der Waals surface area contributed by atoms with Gasteiger partial charge in [0.1, 0.15) is 5.82 Å². The van der Waals surface area contributed by atoms with Gasteiger partial charge in [-0.25, -0.2) is 9.87 Å². The average molecular weight is 370 g/mol. The summed E-state index contributed by atoms with van der Waals surface area (Å²) in [6.07, 6.45) is 1.46. The number of hydroxylamine groups is 1. The van der Waals surface area contributed by atoms with E-state index in [0.29, 0.717) is 24.4 Å². The highest BCUT2D eigenvalue weighted by Gasteiger charge is 2.32. The number of benzene rings is 2. The fourth-order valence-electron chi connectivity index (χ4n) is 3.99. The summed E-state index contributed by atoms with van der Waals surface area (Å²) in [6, 6.07) is 13.3. The van der Waals surface area contributed by atoms with Crippen molar-refractivity contribution in [2.24, 2.45) is 5.92 Å². The van der Waals surface area contributed by atoms with Gasteiger partial charge >= 0.3 is 0 Å². The number of carbonyl (C=O) groups is 1. The molecule has 1 atom stereocenters. The molecule has 2 aromatic carbocycles. The molecule has 27 heavy (non-hydrogen) atoms. The number of carbonyl (C=O) groups excluding carboxylic acids is 1. The van der Waals surface area contributed by atoms with Gasteiger partial charge in [0.05, 0.1) is 13.2 Å². The van der Waals surface area contributed by atoms with Crippen molar-refractivity contribution in [3.8, 4) is 0 Å². The van der Waals surface area contributed by atoms with Crippen LogP contribution in [0.25, 0.3) is 0 Å². The average Bonchev–Trinajstić information content (AvgIpc) is 2.65. The third kappa shape index (κ3) is 3.88. The third-order valence-electron chi connectivity index (χ3n) is 5.50. The highest BCUT2D eigenvalue weighted by molar-refractivity contribution is 5.93. The monoisotopic (exact) mass is 370 g/mol. The van der Waals surface area contributed by atoms with E-state index in [4.69, 9.17) is 9.94 Å². The predicted octanol–water partition coefficient (Wildman–Crippen LogP) is 2.56. The molecule has 0 bridgehead atoms. The first-order valence-electron chi connectivity index (χ1n) is 9.25. The molecule has 2 aliphatic heterocycles. The van der Waals surface area contributed by atoms with E-state index in [9.17, 15) is 9.18 Å². The van der Waals surface area contributed by atoms with Crippen LogP contribution in [0.15, 0.2) is 42.5 Å². The lowest BCUT2D eigenvalue weighted by atomic mass is 9.88. The molecule has 0 radical (unpaired) electrons. The molecule has 2 aliphatic rings. The maximum Gasteiger partial charge on any atom is 0.274 e. The maximum atomic E-state index is 14.7. The Labute approximate surface area is 157 Å². The topological polar surface area (TPSA) is 61.8 Å². The molecule has 4 rings (SSSR count). The van der Waals surface area contributed by atoms with Crippen LogP contribution in [0.5, 0.6) is 0 Å². The lowest BCUT2D eigenvalue weighted by Crippen LogP contribution is -2.48. The Morgan fingerprint density at radius 1 is 1.26 bits per heavy atom. The Hall–Kier alpha value is -2.28. The highest BCUT2D eigenvalue weighted by Crippen LogP contribution is 2.30. The first-order chi connectivity index (χ1) is 13.1. The molecule has 142 valence electrons. The molecular weight excluding hydrogens is 347 g/mol. The van der Waals surface area contributed by atoms with Gasteiger partial charge in [0.15, 0.2) is 0 Å². The molecule has 0 aliphatic carbocycles. The molecule has 6 heteroatoms. The molecule has 5 nitrogen and oxygen atoms in total. The van der Waals surface area contributed by atoms with Gasteiger partial charge in [-0.1, -0.05) is 30.3 Å². The summed E-state index contributed by atoms with van der Waals surface area (Å²) in [5.74, 6) is -0.573. The Balaban J connectivity index is 1.62. The molecule has 0 spiro atoms. The van der Waals surface area contributed by atoms with Crippen LogP contribution in [0.3, 0.4) is 0 Å². The first-order valence-corrected chi connectivity index (χ1v) is 9.25.